The molecule has 0 amide bonds. The molecule has 13 rings (SSSR count). The summed E-state index contributed by atoms with van der Waals surface area (Å²) in [6, 6.07) is 74.2. The SMILES string of the molecule is CC1(C)c2ccccc2-c2ccc(-n3c4ccccc4c4ccc(-c5ccc6c7ccccc7n(-c7ccc8c(c7)c7ccccc7n8-c7ccccc7)c6c5)cc43)cc21. The van der Waals surface area contributed by atoms with E-state index in [0.717, 1.165) is 5.69 Å². The summed E-state index contributed by atoms with van der Waals surface area (Å²) in [4.78, 5) is 0. The second-order valence-electron chi connectivity index (χ2n) is 17.0. The van der Waals surface area contributed by atoms with Crippen molar-refractivity contribution in [1.29, 1.82) is 0 Å². The Morgan fingerprint density at radius 3 is 1.37 bits per heavy atom. The molecule has 9 aromatic carbocycles. The lowest BCUT2D eigenvalue weighted by atomic mass is 9.82. The fourth-order valence-corrected chi connectivity index (χ4v) is 10.6. The number of nitrogens with zero attached hydrogens (tertiary/aromatic N) is 3. The van der Waals surface area contributed by atoms with Gasteiger partial charge in [0.25, 0.3) is 0 Å². The summed E-state index contributed by atoms with van der Waals surface area (Å²) in [6.07, 6.45) is 0. The van der Waals surface area contributed by atoms with Gasteiger partial charge in [-0.1, -0.05) is 141 Å². The third-order valence-corrected chi connectivity index (χ3v) is 13.4. The van der Waals surface area contributed by atoms with Crippen molar-refractivity contribution in [3.63, 3.8) is 0 Å². The van der Waals surface area contributed by atoms with Crippen LogP contribution in [0.2, 0.25) is 0 Å². The topological polar surface area (TPSA) is 14.8 Å². The van der Waals surface area contributed by atoms with Gasteiger partial charge in [0.15, 0.2) is 0 Å². The van der Waals surface area contributed by atoms with Crippen molar-refractivity contribution in [1.82, 2.24) is 13.7 Å². The van der Waals surface area contributed by atoms with Crippen molar-refractivity contribution in [2.75, 3.05) is 0 Å². The van der Waals surface area contributed by atoms with Gasteiger partial charge in [0.05, 0.1) is 33.1 Å². The Morgan fingerprint density at radius 2 is 0.733 bits per heavy atom. The average molecular weight is 766 g/mol. The van der Waals surface area contributed by atoms with Crippen LogP contribution in [-0.4, -0.2) is 13.7 Å². The summed E-state index contributed by atoms with van der Waals surface area (Å²) in [5.41, 5.74) is 18.5. The molecule has 1 aliphatic rings. The van der Waals surface area contributed by atoms with E-state index in [9.17, 15) is 0 Å². The summed E-state index contributed by atoms with van der Waals surface area (Å²) in [5, 5.41) is 7.52. The van der Waals surface area contributed by atoms with Crippen molar-refractivity contribution in [2.24, 2.45) is 0 Å². The van der Waals surface area contributed by atoms with Crippen LogP contribution in [0.25, 0.3) is 105 Å². The van der Waals surface area contributed by atoms with E-state index in [1.54, 1.807) is 0 Å². The average Bonchev–Trinajstić information content (AvgIpc) is 3.99. The molecule has 0 bridgehead atoms. The molecule has 0 radical (unpaired) electrons. The molecule has 3 nitrogen and oxygen atoms in total. The maximum absolute atomic E-state index is 2.48. The minimum Gasteiger partial charge on any atom is -0.309 e. The maximum Gasteiger partial charge on any atom is 0.0547 e. The summed E-state index contributed by atoms with van der Waals surface area (Å²) < 4.78 is 7.32. The first-order valence-electron chi connectivity index (χ1n) is 20.9. The first kappa shape index (κ1) is 33.4. The monoisotopic (exact) mass is 765 g/mol. The molecule has 1 aliphatic carbocycles. The van der Waals surface area contributed by atoms with Gasteiger partial charge in [-0.2, -0.15) is 0 Å². The number of hydrogen-bond acceptors (Lipinski definition) is 0. The highest BCUT2D eigenvalue weighted by molar-refractivity contribution is 6.14. The molecule has 3 heteroatoms. The molecule has 3 heterocycles. The minimum absolute atomic E-state index is 0.0801. The van der Waals surface area contributed by atoms with Crippen LogP contribution < -0.4 is 0 Å². The largest absolute Gasteiger partial charge is 0.309 e. The van der Waals surface area contributed by atoms with Crippen LogP contribution in [0.1, 0.15) is 25.0 Å². The Kier molecular flexibility index (Phi) is 6.78. The zero-order valence-electron chi connectivity index (χ0n) is 33.4. The van der Waals surface area contributed by atoms with E-state index >= 15 is 0 Å². The molecule has 3 aromatic heterocycles. The van der Waals surface area contributed by atoms with E-state index in [2.05, 4.69) is 228 Å². The smallest absolute Gasteiger partial charge is 0.0547 e. The van der Waals surface area contributed by atoms with Crippen molar-refractivity contribution in [3.8, 4) is 39.3 Å². The van der Waals surface area contributed by atoms with Gasteiger partial charge >= 0.3 is 0 Å². The highest BCUT2D eigenvalue weighted by Gasteiger charge is 2.35. The minimum atomic E-state index is -0.0801. The molecule has 60 heavy (non-hydrogen) atoms. The van der Waals surface area contributed by atoms with E-state index in [1.807, 2.05) is 0 Å². The third kappa shape index (κ3) is 4.55. The second-order valence-corrected chi connectivity index (χ2v) is 17.0. The van der Waals surface area contributed by atoms with E-state index in [0.29, 0.717) is 0 Å². The Labute approximate surface area is 347 Å². The quantitative estimate of drug-likeness (QED) is 0.169. The number of fused-ring (bicyclic) bond motifs is 12. The van der Waals surface area contributed by atoms with Crippen LogP contribution in [0, 0.1) is 0 Å². The predicted molar refractivity (Wildman–Crippen MR) is 252 cm³/mol. The lowest BCUT2D eigenvalue weighted by Gasteiger charge is -2.22. The van der Waals surface area contributed by atoms with Crippen LogP contribution in [0.5, 0.6) is 0 Å². The van der Waals surface area contributed by atoms with E-state index < -0.39 is 0 Å². The van der Waals surface area contributed by atoms with E-state index in [4.69, 9.17) is 0 Å². The Morgan fingerprint density at radius 1 is 0.283 bits per heavy atom. The molecule has 12 aromatic rings. The molecule has 0 spiro atoms. The lowest BCUT2D eigenvalue weighted by molar-refractivity contribution is 0.660. The number of rotatable bonds is 4. The zero-order valence-corrected chi connectivity index (χ0v) is 33.4. The number of hydrogen-bond donors (Lipinski definition) is 0. The van der Waals surface area contributed by atoms with Crippen molar-refractivity contribution < 1.29 is 0 Å². The normalized spacial score (nSPS) is 13.3. The predicted octanol–water partition coefficient (Wildman–Crippen LogP) is 15.0. The molecule has 0 aliphatic heterocycles. The summed E-state index contributed by atoms with van der Waals surface area (Å²) in [6.45, 7) is 4.73. The van der Waals surface area contributed by atoms with Crippen molar-refractivity contribution in [3.05, 3.63) is 211 Å². The van der Waals surface area contributed by atoms with Gasteiger partial charge < -0.3 is 13.7 Å². The Bertz CT molecular complexity index is 3740. The van der Waals surface area contributed by atoms with Gasteiger partial charge in [-0.3, -0.25) is 0 Å². The molecule has 0 saturated heterocycles. The van der Waals surface area contributed by atoms with Crippen molar-refractivity contribution >= 4 is 65.4 Å². The summed E-state index contributed by atoms with van der Waals surface area (Å²) >= 11 is 0. The third-order valence-electron chi connectivity index (χ3n) is 13.4. The molecule has 282 valence electrons. The van der Waals surface area contributed by atoms with Gasteiger partial charge in [-0.25, -0.2) is 0 Å². The highest BCUT2D eigenvalue weighted by atomic mass is 15.0. The van der Waals surface area contributed by atoms with Crippen LogP contribution in [0.15, 0.2) is 200 Å². The molecule has 0 atom stereocenters. The summed E-state index contributed by atoms with van der Waals surface area (Å²) in [7, 11) is 0. The number of benzene rings is 9. The molecule has 0 fully saturated rings. The van der Waals surface area contributed by atoms with Crippen LogP contribution in [-0.2, 0) is 5.41 Å². The highest BCUT2D eigenvalue weighted by Crippen LogP contribution is 2.49. The van der Waals surface area contributed by atoms with Crippen LogP contribution in [0.4, 0.5) is 0 Å². The maximum atomic E-state index is 2.48. The Hall–Kier alpha value is -7.62. The second kappa shape index (κ2) is 12.2. The van der Waals surface area contributed by atoms with Crippen LogP contribution in [0.3, 0.4) is 0 Å². The van der Waals surface area contributed by atoms with E-state index in [1.165, 1.54) is 110 Å². The van der Waals surface area contributed by atoms with Gasteiger partial charge in [0, 0.05) is 54.8 Å². The van der Waals surface area contributed by atoms with E-state index in [-0.39, 0.29) is 5.41 Å². The van der Waals surface area contributed by atoms with Crippen LogP contribution >= 0.6 is 0 Å². The first-order chi connectivity index (χ1) is 29.5. The molecular formula is C57H39N3. The number of para-hydroxylation sites is 4. The first-order valence-corrected chi connectivity index (χ1v) is 20.9. The number of aromatic nitrogens is 3. The molecule has 0 unspecified atom stereocenters. The Balaban J connectivity index is 1.01. The van der Waals surface area contributed by atoms with Gasteiger partial charge in [-0.05, 0) is 106 Å². The molecule has 0 N–H and O–H groups in total. The molecular weight excluding hydrogens is 727 g/mol. The zero-order chi connectivity index (χ0) is 39.7. The van der Waals surface area contributed by atoms with Gasteiger partial charge in [0.1, 0.15) is 0 Å². The van der Waals surface area contributed by atoms with Crippen molar-refractivity contribution in [2.45, 2.75) is 19.3 Å². The van der Waals surface area contributed by atoms with Gasteiger partial charge in [0.2, 0.25) is 0 Å². The standard InChI is InChI=1S/C57H39N3/c1-57(2)49-20-10-6-16-41(49)42-30-26-40(35-50(42)57)60-52-22-12-8-18-44(52)47-29-25-37(33-56(47)60)36-24-28-46-43-17-7-11-21-51(43)59(55(46)32-36)39-27-31-54-48(34-39)45-19-9-13-23-53(45)58(54)38-14-4-3-5-15-38/h3-35H,1-2H3. The molecule has 0 saturated carbocycles. The fourth-order valence-electron chi connectivity index (χ4n) is 10.6. The van der Waals surface area contributed by atoms with Gasteiger partial charge in [-0.15, -0.1) is 0 Å². The fraction of sp³-hybridized carbons (Fsp3) is 0.0526. The summed E-state index contributed by atoms with van der Waals surface area (Å²) in [5.74, 6) is 0. The lowest BCUT2D eigenvalue weighted by Crippen LogP contribution is -2.15.